The summed E-state index contributed by atoms with van der Waals surface area (Å²) in [4.78, 5) is 28.4. The molecular weight excluding hydrogens is 314 g/mol. The second-order valence-electron chi connectivity index (χ2n) is 7.42. The van der Waals surface area contributed by atoms with E-state index in [1.165, 1.54) is 5.56 Å². The van der Waals surface area contributed by atoms with Crippen molar-refractivity contribution < 1.29 is 9.59 Å². The van der Waals surface area contributed by atoms with E-state index >= 15 is 0 Å². The SMILES string of the molecule is C[C@H](C(=O)N1CCC[C@@H](C(N)=O)C1)N1CCC(c2ccccc2)CC1. The van der Waals surface area contributed by atoms with Crippen LogP contribution in [0.5, 0.6) is 0 Å². The molecule has 1 aromatic carbocycles. The lowest BCUT2D eigenvalue weighted by Crippen LogP contribution is -2.53. The van der Waals surface area contributed by atoms with Crippen molar-refractivity contribution in [1.29, 1.82) is 0 Å². The molecule has 5 heteroatoms. The molecule has 136 valence electrons. The molecule has 0 radical (unpaired) electrons. The summed E-state index contributed by atoms with van der Waals surface area (Å²) in [5.41, 5.74) is 6.84. The van der Waals surface area contributed by atoms with Crippen LogP contribution in [0, 0.1) is 5.92 Å². The molecule has 2 aliphatic heterocycles. The summed E-state index contributed by atoms with van der Waals surface area (Å²) < 4.78 is 0. The fraction of sp³-hybridized carbons (Fsp3) is 0.600. The minimum Gasteiger partial charge on any atom is -0.369 e. The van der Waals surface area contributed by atoms with Crippen LogP contribution < -0.4 is 5.73 Å². The maximum atomic E-state index is 12.8. The summed E-state index contributed by atoms with van der Waals surface area (Å²) in [6.45, 7) is 5.12. The first kappa shape index (κ1) is 17.9. The van der Waals surface area contributed by atoms with Crippen LogP contribution in [0.2, 0.25) is 0 Å². The van der Waals surface area contributed by atoms with Gasteiger partial charge in [-0.15, -0.1) is 0 Å². The number of benzene rings is 1. The minimum atomic E-state index is -0.283. The average molecular weight is 343 g/mol. The Kier molecular flexibility index (Phi) is 5.74. The van der Waals surface area contributed by atoms with Crippen LogP contribution in [0.15, 0.2) is 30.3 Å². The quantitative estimate of drug-likeness (QED) is 0.909. The molecule has 2 saturated heterocycles. The number of amides is 2. The Bertz CT molecular complexity index is 596. The van der Waals surface area contributed by atoms with Gasteiger partial charge in [0, 0.05) is 13.1 Å². The molecule has 1 aromatic rings. The highest BCUT2D eigenvalue weighted by molar-refractivity contribution is 5.83. The molecule has 5 nitrogen and oxygen atoms in total. The number of likely N-dealkylation sites (tertiary alicyclic amines) is 2. The van der Waals surface area contributed by atoms with Crippen molar-refractivity contribution in [3.8, 4) is 0 Å². The van der Waals surface area contributed by atoms with E-state index in [4.69, 9.17) is 5.73 Å². The smallest absolute Gasteiger partial charge is 0.239 e. The molecule has 0 aliphatic carbocycles. The molecule has 0 bridgehead atoms. The highest BCUT2D eigenvalue weighted by atomic mass is 16.2. The topological polar surface area (TPSA) is 66.6 Å². The fourth-order valence-corrected chi connectivity index (χ4v) is 4.18. The largest absolute Gasteiger partial charge is 0.369 e. The summed E-state index contributed by atoms with van der Waals surface area (Å²) in [6.07, 6.45) is 3.84. The Morgan fingerprint density at radius 3 is 2.40 bits per heavy atom. The van der Waals surface area contributed by atoms with Crippen molar-refractivity contribution in [3.05, 3.63) is 35.9 Å². The van der Waals surface area contributed by atoms with Gasteiger partial charge in [0.25, 0.3) is 0 Å². The van der Waals surface area contributed by atoms with Gasteiger partial charge in [-0.2, -0.15) is 0 Å². The Hall–Kier alpha value is -1.88. The van der Waals surface area contributed by atoms with Gasteiger partial charge < -0.3 is 10.6 Å². The third kappa shape index (κ3) is 4.21. The van der Waals surface area contributed by atoms with E-state index < -0.39 is 0 Å². The Morgan fingerprint density at radius 1 is 1.08 bits per heavy atom. The van der Waals surface area contributed by atoms with Crippen molar-refractivity contribution in [2.24, 2.45) is 11.7 Å². The van der Waals surface area contributed by atoms with Crippen molar-refractivity contribution >= 4 is 11.8 Å². The Morgan fingerprint density at radius 2 is 1.76 bits per heavy atom. The van der Waals surface area contributed by atoms with Gasteiger partial charge in [0.15, 0.2) is 0 Å². The lowest BCUT2D eigenvalue weighted by molar-refractivity contribution is -0.140. The zero-order chi connectivity index (χ0) is 17.8. The van der Waals surface area contributed by atoms with E-state index in [2.05, 4.69) is 35.2 Å². The molecule has 2 heterocycles. The summed E-state index contributed by atoms with van der Waals surface area (Å²) in [5, 5.41) is 0. The van der Waals surface area contributed by atoms with Gasteiger partial charge in [-0.1, -0.05) is 30.3 Å². The standard InChI is InChI=1S/C20H29N3O2/c1-15(20(25)23-11-5-8-18(14-23)19(21)24)22-12-9-17(10-13-22)16-6-3-2-4-7-16/h2-4,6-7,15,17-18H,5,8-14H2,1H3,(H2,21,24)/t15-,18-/m1/s1. The van der Waals surface area contributed by atoms with Gasteiger partial charge in [0.2, 0.25) is 11.8 Å². The second-order valence-corrected chi connectivity index (χ2v) is 7.42. The lowest BCUT2D eigenvalue weighted by Gasteiger charge is -2.39. The molecule has 0 unspecified atom stereocenters. The van der Waals surface area contributed by atoms with E-state index in [0.29, 0.717) is 12.5 Å². The number of carbonyl (C=O) groups is 2. The zero-order valence-corrected chi connectivity index (χ0v) is 15.1. The molecule has 2 aliphatic rings. The van der Waals surface area contributed by atoms with Crippen molar-refractivity contribution in [1.82, 2.24) is 9.80 Å². The number of carbonyl (C=O) groups excluding carboxylic acids is 2. The molecule has 0 saturated carbocycles. The van der Waals surface area contributed by atoms with E-state index in [1.54, 1.807) is 0 Å². The number of hydrogen-bond acceptors (Lipinski definition) is 3. The predicted octanol–water partition coefficient (Wildman–Crippen LogP) is 1.98. The molecule has 3 rings (SSSR count). The van der Waals surface area contributed by atoms with Crippen LogP contribution in [-0.2, 0) is 9.59 Å². The molecule has 2 fully saturated rings. The monoisotopic (exact) mass is 343 g/mol. The van der Waals surface area contributed by atoms with E-state index in [-0.39, 0.29) is 23.8 Å². The summed E-state index contributed by atoms with van der Waals surface area (Å²) in [5.74, 6) is 0.264. The van der Waals surface area contributed by atoms with Gasteiger partial charge >= 0.3 is 0 Å². The van der Waals surface area contributed by atoms with Gasteiger partial charge in [-0.05, 0) is 57.2 Å². The first-order valence-corrected chi connectivity index (χ1v) is 9.43. The summed E-state index contributed by atoms with van der Waals surface area (Å²) >= 11 is 0. The number of rotatable bonds is 4. The van der Waals surface area contributed by atoms with Crippen molar-refractivity contribution in [2.45, 2.75) is 44.6 Å². The average Bonchev–Trinajstić information content (AvgIpc) is 2.67. The highest BCUT2D eigenvalue weighted by Gasteiger charge is 2.33. The molecular formula is C20H29N3O2. The van der Waals surface area contributed by atoms with Gasteiger partial charge in [0.1, 0.15) is 0 Å². The van der Waals surface area contributed by atoms with E-state index in [0.717, 1.165) is 45.3 Å². The predicted molar refractivity (Wildman–Crippen MR) is 98.0 cm³/mol. The van der Waals surface area contributed by atoms with E-state index in [1.807, 2.05) is 11.8 Å². The maximum absolute atomic E-state index is 12.8. The molecule has 25 heavy (non-hydrogen) atoms. The van der Waals surface area contributed by atoms with Crippen LogP contribution >= 0.6 is 0 Å². The van der Waals surface area contributed by atoms with Crippen molar-refractivity contribution in [3.63, 3.8) is 0 Å². The number of nitrogens with zero attached hydrogens (tertiary/aromatic N) is 2. The fourth-order valence-electron chi connectivity index (χ4n) is 4.18. The number of nitrogens with two attached hydrogens (primary N) is 1. The second kappa shape index (κ2) is 8.00. The van der Waals surface area contributed by atoms with Crippen LogP contribution in [0.3, 0.4) is 0 Å². The molecule has 2 N–H and O–H groups in total. The van der Waals surface area contributed by atoms with Crippen LogP contribution in [0.4, 0.5) is 0 Å². The van der Waals surface area contributed by atoms with Gasteiger partial charge in [0.05, 0.1) is 12.0 Å². The molecule has 2 atom stereocenters. The summed E-state index contributed by atoms with van der Waals surface area (Å²) in [7, 11) is 0. The lowest BCUT2D eigenvalue weighted by atomic mass is 9.89. The third-order valence-electron chi connectivity index (χ3n) is 5.84. The minimum absolute atomic E-state index is 0.122. The van der Waals surface area contributed by atoms with Crippen LogP contribution in [0.1, 0.15) is 44.1 Å². The van der Waals surface area contributed by atoms with Crippen LogP contribution in [0.25, 0.3) is 0 Å². The molecule has 2 amide bonds. The van der Waals surface area contributed by atoms with Crippen molar-refractivity contribution in [2.75, 3.05) is 26.2 Å². The van der Waals surface area contributed by atoms with Crippen LogP contribution in [-0.4, -0.2) is 53.8 Å². The maximum Gasteiger partial charge on any atom is 0.239 e. The first-order chi connectivity index (χ1) is 12.1. The number of piperidine rings is 2. The molecule has 0 spiro atoms. The number of primary amides is 1. The Balaban J connectivity index is 1.54. The molecule has 0 aromatic heterocycles. The van der Waals surface area contributed by atoms with Gasteiger partial charge in [-0.25, -0.2) is 0 Å². The van der Waals surface area contributed by atoms with E-state index in [9.17, 15) is 9.59 Å². The normalized spacial score (nSPS) is 24.0. The third-order valence-corrected chi connectivity index (χ3v) is 5.84. The summed E-state index contributed by atoms with van der Waals surface area (Å²) in [6, 6.07) is 10.5. The van der Waals surface area contributed by atoms with Gasteiger partial charge in [-0.3, -0.25) is 14.5 Å². The number of hydrogen-bond donors (Lipinski definition) is 1. The first-order valence-electron chi connectivity index (χ1n) is 9.43. The highest BCUT2D eigenvalue weighted by Crippen LogP contribution is 2.29. The zero-order valence-electron chi connectivity index (χ0n) is 15.1. The Labute approximate surface area is 150 Å².